The zero-order valence-electron chi connectivity index (χ0n) is 11.5. The van der Waals surface area contributed by atoms with Gasteiger partial charge in [0.15, 0.2) is 0 Å². The van der Waals surface area contributed by atoms with Gasteiger partial charge in [0, 0.05) is 25.7 Å². The quantitative estimate of drug-likeness (QED) is 0.800. The summed E-state index contributed by atoms with van der Waals surface area (Å²) < 4.78 is 5.32. The number of carboxylic acid groups (broad SMARTS) is 1. The average Bonchev–Trinajstić information content (AvgIpc) is 2.13. The molecule has 0 aliphatic carbocycles. The lowest BCUT2D eigenvalue weighted by Crippen LogP contribution is -2.55. The first-order chi connectivity index (χ1) is 8.19. The van der Waals surface area contributed by atoms with Crippen LogP contribution in [0.25, 0.3) is 0 Å². The van der Waals surface area contributed by atoms with Gasteiger partial charge in [0.25, 0.3) is 0 Å². The van der Waals surface area contributed by atoms with Gasteiger partial charge in [-0.05, 0) is 27.7 Å². The topological polar surface area (TPSA) is 70.1 Å². The van der Waals surface area contributed by atoms with E-state index in [0.717, 1.165) is 0 Å². The fraction of sp³-hybridized carbons (Fsp3) is 0.833. The number of nitrogens with zero attached hydrogens (tertiary/aromatic N) is 2. The number of hydrogen-bond acceptors (Lipinski definition) is 4. The molecule has 0 bridgehead atoms. The molecule has 1 saturated heterocycles. The Balaban J connectivity index is 2.52. The van der Waals surface area contributed by atoms with Crippen LogP contribution >= 0.6 is 0 Å². The first-order valence-electron chi connectivity index (χ1n) is 6.13. The van der Waals surface area contributed by atoms with Crippen LogP contribution in [-0.4, -0.2) is 64.8 Å². The van der Waals surface area contributed by atoms with Crippen LogP contribution < -0.4 is 0 Å². The first-order valence-corrected chi connectivity index (χ1v) is 6.13. The minimum Gasteiger partial charge on any atom is -0.480 e. The SMILES string of the molecule is C[C@@H]1CN(CC(=O)O)CCN1C(=O)OC(C)(C)C. The van der Waals surface area contributed by atoms with E-state index < -0.39 is 11.6 Å². The normalized spacial score (nSPS) is 21.8. The van der Waals surface area contributed by atoms with Gasteiger partial charge in [-0.25, -0.2) is 4.79 Å². The van der Waals surface area contributed by atoms with Crippen molar-refractivity contribution in [2.24, 2.45) is 0 Å². The Labute approximate surface area is 107 Å². The van der Waals surface area contributed by atoms with Crippen molar-refractivity contribution in [2.45, 2.75) is 39.3 Å². The van der Waals surface area contributed by atoms with Gasteiger partial charge in [-0.1, -0.05) is 0 Å². The number of amides is 1. The number of carboxylic acids is 1. The molecule has 18 heavy (non-hydrogen) atoms. The monoisotopic (exact) mass is 258 g/mol. The standard InChI is InChI=1S/C12H22N2O4/c1-9-7-13(8-10(15)16)5-6-14(9)11(17)18-12(2,3)4/h9H,5-8H2,1-4H3,(H,15,16)/t9-/m1/s1. The number of ether oxygens (including phenoxy) is 1. The minimum atomic E-state index is -0.840. The molecule has 0 aromatic heterocycles. The third-order valence-electron chi connectivity index (χ3n) is 2.70. The van der Waals surface area contributed by atoms with E-state index in [1.165, 1.54) is 0 Å². The molecule has 0 saturated carbocycles. The highest BCUT2D eigenvalue weighted by atomic mass is 16.6. The fourth-order valence-corrected chi connectivity index (χ4v) is 1.96. The molecule has 6 heteroatoms. The van der Waals surface area contributed by atoms with Crippen LogP contribution in [0.3, 0.4) is 0 Å². The second kappa shape index (κ2) is 5.56. The molecule has 1 N–H and O–H groups in total. The van der Waals surface area contributed by atoms with E-state index in [1.807, 2.05) is 32.6 Å². The Morgan fingerprint density at radius 1 is 1.33 bits per heavy atom. The van der Waals surface area contributed by atoms with Gasteiger partial charge < -0.3 is 14.7 Å². The Kier molecular flexibility index (Phi) is 4.56. The number of carbonyl (C=O) groups excluding carboxylic acids is 1. The van der Waals surface area contributed by atoms with Crippen molar-refractivity contribution in [1.82, 2.24) is 9.80 Å². The molecule has 1 rings (SSSR count). The van der Waals surface area contributed by atoms with Crippen LogP contribution in [0.5, 0.6) is 0 Å². The Bertz CT molecular complexity index is 325. The summed E-state index contributed by atoms with van der Waals surface area (Å²) in [4.78, 5) is 26.0. The lowest BCUT2D eigenvalue weighted by Gasteiger charge is -2.39. The summed E-state index contributed by atoms with van der Waals surface area (Å²) in [6.07, 6.45) is -0.329. The number of rotatable bonds is 2. The van der Waals surface area contributed by atoms with E-state index >= 15 is 0 Å². The van der Waals surface area contributed by atoms with Gasteiger partial charge in [0.1, 0.15) is 5.60 Å². The number of piperazine rings is 1. The maximum Gasteiger partial charge on any atom is 0.410 e. The van der Waals surface area contributed by atoms with Crippen LogP contribution in [-0.2, 0) is 9.53 Å². The molecule has 1 fully saturated rings. The van der Waals surface area contributed by atoms with Crippen molar-refractivity contribution in [3.8, 4) is 0 Å². The van der Waals surface area contributed by atoms with Crippen molar-refractivity contribution in [1.29, 1.82) is 0 Å². The van der Waals surface area contributed by atoms with Crippen LogP contribution in [0.1, 0.15) is 27.7 Å². The number of carbonyl (C=O) groups is 2. The predicted molar refractivity (Wildman–Crippen MR) is 66.5 cm³/mol. The average molecular weight is 258 g/mol. The molecule has 1 amide bonds. The number of aliphatic carboxylic acids is 1. The predicted octanol–water partition coefficient (Wildman–Crippen LogP) is 1.01. The van der Waals surface area contributed by atoms with Gasteiger partial charge >= 0.3 is 12.1 Å². The van der Waals surface area contributed by atoms with Crippen LogP contribution in [0, 0.1) is 0 Å². The molecule has 1 heterocycles. The summed E-state index contributed by atoms with van der Waals surface area (Å²) >= 11 is 0. The molecular formula is C12H22N2O4. The van der Waals surface area contributed by atoms with Gasteiger partial charge in [-0.3, -0.25) is 9.69 Å². The molecule has 0 radical (unpaired) electrons. The van der Waals surface area contributed by atoms with Crippen LogP contribution in [0.2, 0.25) is 0 Å². The molecule has 1 aliphatic rings. The van der Waals surface area contributed by atoms with E-state index in [1.54, 1.807) is 4.90 Å². The van der Waals surface area contributed by atoms with E-state index in [-0.39, 0.29) is 18.7 Å². The van der Waals surface area contributed by atoms with E-state index in [2.05, 4.69) is 0 Å². The zero-order valence-corrected chi connectivity index (χ0v) is 11.5. The molecule has 1 atom stereocenters. The molecule has 104 valence electrons. The van der Waals surface area contributed by atoms with Crippen molar-refractivity contribution in [2.75, 3.05) is 26.2 Å². The van der Waals surface area contributed by atoms with Crippen molar-refractivity contribution in [3.63, 3.8) is 0 Å². The summed E-state index contributed by atoms with van der Waals surface area (Å²) in [6, 6.07) is -0.0343. The summed E-state index contributed by atoms with van der Waals surface area (Å²) in [5.41, 5.74) is -0.505. The molecule has 0 aromatic carbocycles. The zero-order chi connectivity index (χ0) is 13.9. The highest BCUT2D eigenvalue weighted by Crippen LogP contribution is 2.15. The lowest BCUT2D eigenvalue weighted by molar-refractivity contribution is -0.138. The van der Waals surface area contributed by atoms with E-state index in [4.69, 9.17) is 9.84 Å². The van der Waals surface area contributed by atoms with Gasteiger partial charge in [-0.15, -0.1) is 0 Å². The maximum atomic E-state index is 11.9. The second-order valence-corrected chi connectivity index (χ2v) is 5.65. The first kappa shape index (κ1) is 14.8. The van der Waals surface area contributed by atoms with Crippen LogP contribution in [0.15, 0.2) is 0 Å². The van der Waals surface area contributed by atoms with Gasteiger partial charge in [0.05, 0.1) is 6.54 Å². The molecule has 6 nitrogen and oxygen atoms in total. The van der Waals surface area contributed by atoms with Crippen LogP contribution in [0.4, 0.5) is 4.79 Å². The summed E-state index contributed by atoms with van der Waals surface area (Å²) in [5, 5.41) is 8.73. The summed E-state index contributed by atoms with van der Waals surface area (Å²) in [6.45, 7) is 9.04. The Morgan fingerprint density at radius 3 is 2.39 bits per heavy atom. The smallest absolute Gasteiger partial charge is 0.410 e. The molecular weight excluding hydrogens is 236 g/mol. The molecule has 0 spiro atoms. The van der Waals surface area contributed by atoms with Gasteiger partial charge in [0.2, 0.25) is 0 Å². The maximum absolute atomic E-state index is 11.9. The fourth-order valence-electron chi connectivity index (χ4n) is 1.96. The van der Waals surface area contributed by atoms with E-state index in [0.29, 0.717) is 19.6 Å². The highest BCUT2D eigenvalue weighted by Gasteiger charge is 2.31. The minimum absolute atomic E-state index is 0.0203. The summed E-state index contributed by atoms with van der Waals surface area (Å²) in [5.74, 6) is -0.840. The molecule has 1 aliphatic heterocycles. The Hall–Kier alpha value is -1.30. The second-order valence-electron chi connectivity index (χ2n) is 5.65. The lowest BCUT2D eigenvalue weighted by atomic mass is 10.2. The molecule has 0 aromatic rings. The molecule has 0 unspecified atom stereocenters. The third-order valence-corrected chi connectivity index (χ3v) is 2.70. The highest BCUT2D eigenvalue weighted by molar-refractivity contribution is 5.70. The largest absolute Gasteiger partial charge is 0.480 e. The van der Waals surface area contributed by atoms with Crippen molar-refractivity contribution in [3.05, 3.63) is 0 Å². The number of hydrogen-bond donors (Lipinski definition) is 1. The third kappa shape index (κ3) is 4.52. The van der Waals surface area contributed by atoms with E-state index in [9.17, 15) is 9.59 Å². The van der Waals surface area contributed by atoms with Gasteiger partial charge in [-0.2, -0.15) is 0 Å². The van der Waals surface area contributed by atoms with Crippen molar-refractivity contribution >= 4 is 12.1 Å². The Morgan fingerprint density at radius 2 is 1.94 bits per heavy atom. The van der Waals surface area contributed by atoms with Crippen molar-refractivity contribution < 1.29 is 19.4 Å². The summed E-state index contributed by atoms with van der Waals surface area (Å²) in [7, 11) is 0.